The SMILES string of the molecule is Cn1c(SCCc2nc3ccccc3c(=O)[nH]2)nnc1-c1ccncc1. The van der Waals surface area contributed by atoms with Crippen molar-refractivity contribution in [2.45, 2.75) is 11.6 Å². The molecule has 8 heteroatoms. The summed E-state index contributed by atoms with van der Waals surface area (Å²) in [6.07, 6.45) is 4.11. The van der Waals surface area contributed by atoms with Crippen molar-refractivity contribution in [3.05, 3.63) is 65.0 Å². The molecule has 26 heavy (non-hydrogen) atoms. The van der Waals surface area contributed by atoms with E-state index < -0.39 is 0 Å². The molecule has 0 spiro atoms. The van der Waals surface area contributed by atoms with Crippen molar-refractivity contribution in [2.75, 3.05) is 5.75 Å². The molecule has 0 unspecified atom stereocenters. The Morgan fingerprint density at radius 2 is 1.92 bits per heavy atom. The molecule has 0 aliphatic carbocycles. The number of aromatic amines is 1. The minimum atomic E-state index is -0.103. The normalized spacial score (nSPS) is 11.1. The van der Waals surface area contributed by atoms with E-state index in [1.54, 1.807) is 30.2 Å². The highest BCUT2D eigenvalue weighted by Gasteiger charge is 2.11. The molecule has 0 saturated carbocycles. The summed E-state index contributed by atoms with van der Waals surface area (Å²) in [5, 5.41) is 9.94. The van der Waals surface area contributed by atoms with Gasteiger partial charge < -0.3 is 9.55 Å². The third-order valence-electron chi connectivity index (χ3n) is 4.01. The Morgan fingerprint density at radius 1 is 1.12 bits per heavy atom. The lowest BCUT2D eigenvalue weighted by atomic mass is 10.2. The summed E-state index contributed by atoms with van der Waals surface area (Å²) in [5.41, 5.74) is 1.59. The van der Waals surface area contributed by atoms with Crippen LogP contribution in [-0.2, 0) is 13.5 Å². The first-order valence-electron chi connectivity index (χ1n) is 8.13. The molecular formula is C18H16N6OS. The number of thioether (sulfide) groups is 1. The van der Waals surface area contributed by atoms with E-state index in [1.165, 1.54) is 0 Å². The highest BCUT2D eigenvalue weighted by atomic mass is 32.2. The van der Waals surface area contributed by atoms with Gasteiger partial charge in [-0.2, -0.15) is 0 Å². The molecular weight excluding hydrogens is 348 g/mol. The minimum absolute atomic E-state index is 0.103. The molecule has 0 saturated heterocycles. The van der Waals surface area contributed by atoms with E-state index in [9.17, 15) is 4.79 Å². The lowest BCUT2D eigenvalue weighted by Crippen LogP contribution is -2.12. The number of nitrogens with zero attached hydrogens (tertiary/aromatic N) is 5. The highest BCUT2D eigenvalue weighted by Crippen LogP contribution is 2.22. The molecule has 3 aromatic heterocycles. The van der Waals surface area contributed by atoms with Gasteiger partial charge in [-0.05, 0) is 24.3 Å². The number of rotatable bonds is 5. The van der Waals surface area contributed by atoms with E-state index >= 15 is 0 Å². The van der Waals surface area contributed by atoms with Gasteiger partial charge >= 0.3 is 0 Å². The highest BCUT2D eigenvalue weighted by molar-refractivity contribution is 7.99. The standard InChI is InChI=1S/C18H16N6OS/c1-24-16(12-6-9-19-10-7-12)22-23-18(24)26-11-8-15-20-14-5-3-2-4-13(14)17(25)21-15/h2-7,9-10H,8,11H2,1H3,(H,20,21,25). The molecule has 4 rings (SSSR count). The third-order valence-corrected chi connectivity index (χ3v) is 5.03. The fourth-order valence-electron chi connectivity index (χ4n) is 2.69. The summed E-state index contributed by atoms with van der Waals surface area (Å²) in [6.45, 7) is 0. The molecule has 0 bridgehead atoms. The smallest absolute Gasteiger partial charge is 0.258 e. The van der Waals surface area contributed by atoms with Crippen LogP contribution in [0.2, 0.25) is 0 Å². The maximum absolute atomic E-state index is 12.1. The molecule has 0 atom stereocenters. The van der Waals surface area contributed by atoms with Crippen LogP contribution in [0.5, 0.6) is 0 Å². The number of para-hydroxylation sites is 1. The molecule has 4 aromatic rings. The number of benzene rings is 1. The van der Waals surface area contributed by atoms with Crippen LogP contribution in [0.3, 0.4) is 0 Å². The Bertz CT molecular complexity index is 1110. The zero-order valence-electron chi connectivity index (χ0n) is 14.1. The fourth-order valence-corrected chi connectivity index (χ4v) is 3.54. The van der Waals surface area contributed by atoms with Crippen molar-refractivity contribution in [1.82, 2.24) is 29.7 Å². The second kappa shape index (κ2) is 7.09. The number of fused-ring (bicyclic) bond motifs is 1. The zero-order valence-corrected chi connectivity index (χ0v) is 14.9. The van der Waals surface area contributed by atoms with E-state index in [1.807, 2.05) is 41.9 Å². The van der Waals surface area contributed by atoms with E-state index in [2.05, 4.69) is 25.1 Å². The maximum atomic E-state index is 12.1. The largest absolute Gasteiger partial charge is 0.310 e. The molecule has 0 amide bonds. The van der Waals surface area contributed by atoms with Gasteiger partial charge in [-0.15, -0.1) is 10.2 Å². The quantitative estimate of drug-likeness (QED) is 0.547. The van der Waals surface area contributed by atoms with Crippen LogP contribution in [0.1, 0.15) is 5.82 Å². The van der Waals surface area contributed by atoms with Gasteiger partial charge in [-0.1, -0.05) is 23.9 Å². The number of pyridine rings is 1. The van der Waals surface area contributed by atoms with Crippen LogP contribution in [0.4, 0.5) is 0 Å². The first-order valence-corrected chi connectivity index (χ1v) is 9.11. The van der Waals surface area contributed by atoms with Crippen LogP contribution in [-0.4, -0.2) is 35.5 Å². The molecule has 3 heterocycles. The van der Waals surface area contributed by atoms with E-state index in [0.29, 0.717) is 17.6 Å². The van der Waals surface area contributed by atoms with Crippen molar-refractivity contribution in [3.63, 3.8) is 0 Å². The lowest BCUT2D eigenvalue weighted by molar-refractivity contribution is 0.792. The van der Waals surface area contributed by atoms with Gasteiger partial charge in [-0.3, -0.25) is 9.78 Å². The third kappa shape index (κ3) is 3.23. The monoisotopic (exact) mass is 364 g/mol. The number of H-pyrrole nitrogens is 1. The summed E-state index contributed by atoms with van der Waals surface area (Å²) in [6, 6.07) is 11.2. The second-order valence-corrected chi connectivity index (χ2v) is 6.79. The van der Waals surface area contributed by atoms with E-state index in [4.69, 9.17) is 0 Å². The molecule has 0 aliphatic heterocycles. The van der Waals surface area contributed by atoms with Crippen molar-refractivity contribution in [1.29, 1.82) is 0 Å². The van der Waals surface area contributed by atoms with E-state index in [-0.39, 0.29) is 5.56 Å². The Morgan fingerprint density at radius 3 is 2.77 bits per heavy atom. The average molecular weight is 364 g/mol. The number of aromatic nitrogens is 6. The second-order valence-electron chi connectivity index (χ2n) is 5.73. The average Bonchev–Trinajstić information content (AvgIpc) is 3.03. The number of hydrogen-bond acceptors (Lipinski definition) is 6. The van der Waals surface area contributed by atoms with Gasteiger partial charge in [0, 0.05) is 37.2 Å². The summed E-state index contributed by atoms with van der Waals surface area (Å²) in [5.74, 6) is 2.22. The Balaban J connectivity index is 1.47. The van der Waals surface area contributed by atoms with Crippen molar-refractivity contribution in [2.24, 2.45) is 7.05 Å². The Kier molecular flexibility index (Phi) is 4.49. The predicted molar refractivity (Wildman–Crippen MR) is 101 cm³/mol. The summed E-state index contributed by atoms with van der Waals surface area (Å²) in [7, 11) is 1.94. The topological polar surface area (TPSA) is 89.4 Å². The Labute approximate surface area is 153 Å². The maximum Gasteiger partial charge on any atom is 0.258 e. The van der Waals surface area contributed by atoms with Gasteiger partial charge in [0.25, 0.3) is 5.56 Å². The number of hydrogen-bond donors (Lipinski definition) is 1. The summed E-state index contributed by atoms with van der Waals surface area (Å²) in [4.78, 5) is 23.5. The first kappa shape index (κ1) is 16.5. The lowest BCUT2D eigenvalue weighted by Gasteiger charge is -2.04. The molecule has 0 fully saturated rings. The van der Waals surface area contributed by atoms with Crippen molar-refractivity contribution in [3.8, 4) is 11.4 Å². The number of nitrogens with one attached hydrogen (secondary N) is 1. The molecule has 1 N–H and O–H groups in total. The molecule has 0 radical (unpaired) electrons. The van der Waals surface area contributed by atoms with Gasteiger partial charge in [0.1, 0.15) is 5.82 Å². The molecule has 1 aromatic carbocycles. The molecule has 7 nitrogen and oxygen atoms in total. The van der Waals surface area contributed by atoms with Crippen LogP contribution in [0.25, 0.3) is 22.3 Å². The van der Waals surface area contributed by atoms with Crippen LogP contribution in [0, 0.1) is 0 Å². The molecule has 0 aliphatic rings. The Hall–Kier alpha value is -3.00. The zero-order chi connectivity index (χ0) is 17.9. The van der Waals surface area contributed by atoms with Gasteiger partial charge in [0.2, 0.25) is 0 Å². The summed E-state index contributed by atoms with van der Waals surface area (Å²) < 4.78 is 1.95. The fraction of sp³-hybridized carbons (Fsp3) is 0.167. The van der Waals surface area contributed by atoms with Crippen LogP contribution < -0.4 is 5.56 Å². The van der Waals surface area contributed by atoms with Crippen LogP contribution >= 0.6 is 11.8 Å². The van der Waals surface area contributed by atoms with Crippen molar-refractivity contribution < 1.29 is 0 Å². The minimum Gasteiger partial charge on any atom is -0.310 e. The van der Waals surface area contributed by atoms with E-state index in [0.717, 1.165) is 27.8 Å². The van der Waals surface area contributed by atoms with Gasteiger partial charge in [-0.25, -0.2) is 4.98 Å². The first-order chi connectivity index (χ1) is 12.7. The number of aryl methyl sites for hydroxylation is 1. The predicted octanol–water partition coefficient (Wildman–Crippen LogP) is 2.45. The van der Waals surface area contributed by atoms with Crippen LogP contribution in [0.15, 0.2) is 58.7 Å². The molecule has 130 valence electrons. The van der Waals surface area contributed by atoms with Crippen molar-refractivity contribution >= 4 is 22.7 Å². The summed E-state index contributed by atoms with van der Waals surface area (Å²) >= 11 is 1.58. The van der Waals surface area contributed by atoms with Gasteiger partial charge in [0.15, 0.2) is 11.0 Å². The van der Waals surface area contributed by atoms with Gasteiger partial charge in [0.05, 0.1) is 10.9 Å².